The molecule has 0 aromatic heterocycles. The first-order chi connectivity index (χ1) is 7.43. The first kappa shape index (κ1) is 14.0. The van der Waals surface area contributed by atoms with Gasteiger partial charge in [-0.15, -0.1) is 0 Å². The predicted octanol–water partition coefficient (Wildman–Crippen LogP) is 1.85. The summed E-state index contributed by atoms with van der Waals surface area (Å²) in [5, 5.41) is 0. The molecular weight excluding hydrogens is 317 g/mol. The Hall–Kier alpha value is -0.0400. The van der Waals surface area contributed by atoms with E-state index in [1.807, 2.05) is 18.9 Å². The smallest absolute Gasteiger partial charge is 0.320 e. The molecule has 16 heavy (non-hydrogen) atoms. The first-order valence-corrected chi connectivity index (χ1v) is 7.08. The molecule has 0 radical (unpaired) electrons. The third-order valence-electron chi connectivity index (χ3n) is 3.15. The van der Waals surface area contributed by atoms with Crippen molar-refractivity contribution < 1.29 is 4.79 Å². The second kappa shape index (κ2) is 6.05. The molecule has 5 heteroatoms. The van der Waals surface area contributed by atoms with E-state index in [1.165, 1.54) is 0 Å². The van der Waals surface area contributed by atoms with E-state index < -0.39 is 0 Å². The number of halogens is 1. The number of urea groups is 1. The molecule has 1 aliphatic heterocycles. The van der Waals surface area contributed by atoms with Crippen LogP contribution < -0.4 is 0 Å². The minimum atomic E-state index is 0.158. The van der Waals surface area contributed by atoms with Crippen LogP contribution >= 0.6 is 22.6 Å². The van der Waals surface area contributed by atoms with Crippen LogP contribution in [0.2, 0.25) is 0 Å². The lowest BCUT2D eigenvalue weighted by atomic mass is 10.2. The monoisotopic (exact) mass is 339 g/mol. The minimum absolute atomic E-state index is 0.158. The van der Waals surface area contributed by atoms with Crippen molar-refractivity contribution in [2.75, 3.05) is 33.2 Å². The van der Waals surface area contributed by atoms with Gasteiger partial charge in [0.15, 0.2) is 0 Å². The molecule has 0 aromatic carbocycles. The molecule has 1 saturated heterocycles. The van der Waals surface area contributed by atoms with Crippen LogP contribution in [0.3, 0.4) is 0 Å². The third-order valence-corrected chi connectivity index (χ3v) is 3.99. The Morgan fingerprint density at radius 1 is 1.19 bits per heavy atom. The molecule has 0 N–H and O–H groups in total. The van der Waals surface area contributed by atoms with E-state index in [0.29, 0.717) is 6.04 Å². The zero-order valence-electron chi connectivity index (χ0n) is 10.6. The molecule has 1 unspecified atom stereocenters. The average molecular weight is 339 g/mol. The molecule has 1 aliphatic rings. The van der Waals surface area contributed by atoms with Gasteiger partial charge in [0.1, 0.15) is 0 Å². The van der Waals surface area contributed by atoms with Crippen molar-refractivity contribution >= 4 is 28.6 Å². The average Bonchev–Trinajstić information content (AvgIpc) is 2.27. The van der Waals surface area contributed by atoms with Crippen molar-refractivity contribution in [2.24, 2.45) is 0 Å². The van der Waals surface area contributed by atoms with Crippen LogP contribution in [0.1, 0.15) is 20.8 Å². The van der Waals surface area contributed by atoms with Gasteiger partial charge in [0.05, 0.1) is 4.05 Å². The zero-order valence-corrected chi connectivity index (χ0v) is 12.8. The highest BCUT2D eigenvalue weighted by Gasteiger charge is 2.25. The summed E-state index contributed by atoms with van der Waals surface area (Å²) in [6.07, 6.45) is 0. The number of hydrogen-bond acceptors (Lipinski definition) is 2. The maximum absolute atomic E-state index is 12.0. The summed E-state index contributed by atoms with van der Waals surface area (Å²) < 4.78 is 0.244. The van der Waals surface area contributed by atoms with E-state index >= 15 is 0 Å². The molecule has 2 amide bonds. The van der Waals surface area contributed by atoms with E-state index in [4.69, 9.17) is 0 Å². The van der Waals surface area contributed by atoms with Crippen LogP contribution in [-0.4, -0.2) is 64.0 Å². The molecule has 0 aromatic rings. The summed E-state index contributed by atoms with van der Waals surface area (Å²) in [5.74, 6) is 0. The molecule has 1 heterocycles. The second-order valence-electron chi connectivity index (χ2n) is 4.58. The van der Waals surface area contributed by atoms with Gasteiger partial charge in [0.2, 0.25) is 0 Å². The van der Waals surface area contributed by atoms with Gasteiger partial charge in [-0.2, -0.15) is 0 Å². The highest BCUT2D eigenvalue weighted by atomic mass is 127. The Bertz CT molecular complexity index is 237. The van der Waals surface area contributed by atoms with Gasteiger partial charge in [-0.05, 0) is 20.8 Å². The Morgan fingerprint density at radius 2 is 1.69 bits per heavy atom. The van der Waals surface area contributed by atoms with Crippen LogP contribution in [0.4, 0.5) is 4.79 Å². The highest BCUT2D eigenvalue weighted by molar-refractivity contribution is 14.1. The van der Waals surface area contributed by atoms with Gasteiger partial charge in [0.25, 0.3) is 0 Å². The van der Waals surface area contributed by atoms with Crippen molar-refractivity contribution in [1.29, 1.82) is 0 Å². The van der Waals surface area contributed by atoms with Crippen molar-refractivity contribution in [3.63, 3.8) is 0 Å². The number of rotatable bonds is 2. The lowest BCUT2D eigenvalue weighted by Crippen LogP contribution is -2.54. The zero-order chi connectivity index (χ0) is 12.3. The van der Waals surface area contributed by atoms with Crippen molar-refractivity contribution in [3.8, 4) is 0 Å². The fraction of sp³-hybridized carbons (Fsp3) is 0.909. The maximum Gasteiger partial charge on any atom is 0.320 e. The SMILES string of the molecule is CC(C)N1CCN(C(=O)N(C)C(C)I)CC1. The molecule has 0 aliphatic carbocycles. The molecule has 1 fully saturated rings. The lowest BCUT2D eigenvalue weighted by Gasteiger charge is -2.38. The van der Waals surface area contributed by atoms with Crippen LogP contribution in [0.25, 0.3) is 0 Å². The Balaban J connectivity index is 2.45. The Kier molecular flexibility index (Phi) is 5.30. The number of carbonyl (C=O) groups excluding carboxylic acids is 1. The van der Waals surface area contributed by atoms with Crippen molar-refractivity contribution in [2.45, 2.75) is 30.9 Å². The third kappa shape index (κ3) is 3.48. The van der Waals surface area contributed by atoms with Crippen molar-refractivity contribution in [3.05, 3.63) is 0 Å². The predicted molar refractivity (Wildman–Crippen MR) is 74.9 cm³/mol. The summed E-state index contributed by atoms with van der Waals surface area (Å²) in [7, 11) is 1.87. The van der Waals surface area contributed by atoms with Crippen LogP contribution in [-0.2, 0) is 0 Å². The van der Waals surface area contributed by atoms with Gasteiger partial charge in [-0.1, -0.05) is 22.6 Å². The van der Waals surface area contributed by atoms with E-state index in [9.17, 15) is 4.79 Å². The fourth-order valence-electron chi connectivity index (χ4n) is 1.80. The topological polar surface area (TPSA) is 26.8 Å². The number of amides is 2. The van der Waals surface area contributed by atoms with Gasteiger partial charge in [-0.25, -0.2) is 4.79 Å². The number of carbonyl (C=O) groups is 1. The van der Waals surface area contributed by atoms with Gasteiger partial charge in [-0.3, -0.25) is 4.90 Å². The number of hydrogen-bond donors (Lipinski definition) is 0. The molecule has 0 saturated carbocycles. The molecule has 0 bridgehead atoms. The van der Waals surface area contributed by atoms with E-state index in [2.05, 4.69) is 41.3 Å². The Labute approximate surface area is 112 Å². The molecule has 4 nitrogen and oxygen atoms in total. The molecule has 1 rings (SSSR count). The molecule has 1 atom stereocenters. The van der Waals surface area contributed by atoms with Crippen molar-refractivity contribution in [1.82, 2.24) is 14.7 Å². The summed E-state index contributed by atoms with van der Waals surface area (Å²) in [4.78, 5) is 18.2. The summed E-state index contributed by atoms with van der Waals surface area (Å²) in [5.41, 5.74) is 0. The van der Waals surface area contributed by atoms with E-state index in [-0.39, 0.29) is 10.1 Å². The van der Waals surface area contributed by atoms with Gasteiger partial charge >= 0.3 is 6.03 Å². The van der Waals surface area contributed by atoms with Crippen LogP contribution in [0, 0.1) is 0 Å². The lowest BCUT2D eigenvalue weighted by molar-refractivity contribution is 0.103. The molecule has 94 valence electrons. The number of alkyl halides is 1. The first-order valence-electron chi connectivity index (χ1n) is 5.83. The minimum Gasteiger partial charge on any atom is -0.322 e. The molecule has 0 spiro atoms. The maximum atomic E-state index is 12.0. The standard InChI is InChI=1S/C11H22IN3O/c1-9(2)14-5-7-15(8-6-14)11(16)13(4)10(3)12/h9-10H,5-8H2,1-4H3. The Morgan fingerprint density at radius 3 is 2.06 bits per heavy atom. The fourth-order valence-corrected chi connectivity index (χ4v) is 2.04. The summed E-state index contributed by atoms with van der Waals surface area (Å²) >= 11 is 2.26. The largest absolute Gasteiger partial charge is 0.322 e. The van der Waals surface area contributed by atoms with Crippen LogP contribution in [0.5, 0.6) is 0 Å². The summed E-state index contributed by atoms with van der Waals surface area (Å²) in [6, 6.07) is 0.740. The van der Waals surface area contributed by atoms with E-state index in [1.54, 1.807) is 4.90 Å². The summed E-state index contributed by atoms with van der Waals surface area (Å²) in [6.45, 7) is 10.1. The van der Waals surface area contributed by atoms with Gasteiger partial charge < -0.3 is 9.80 Å². The van der Waals surface area contributed by atoms with E-state index in [0.717, 1.165) is 26.2 Å². The quantitative estimate of drug-likeness (QED) is 0.436. The normalized spacial score (nSPS) is 20.0. The second-order valence-corrected chi connectivity index (χ2v) is 6.39. The van der Waals surface area contributed by atoms with Gasteiger partial charge in [0, 0.05) is 39.3 Å². The highest BCUT2D eigenvalue weighted by Crippen LogP contribution is 2.11. The number of piperazine rings is 1. The number of nitrogens with zero attached hydrogens (tertiary/aromatic N) is 3. The van der Waals surface area contributed by atoms with Crippen LogP contribution in [0.15, 0.2) is 0 Å². The molecular formula is C11H22IN3O.